The molecule has 1 heterocycles. The van der Waals surface area contributed by atoms with Crippen molar-refractivity contribution in [2.45, 2.75) is 32.5 Å². The molecule has 0 saturated carbocycles. The summed E-state index contributed by atoms with van der Waals surface area (Å²) in [7, 11) is 0. The molecule has 0 bridgehead atoms. The van der Waals surface area contributed by atoms with Crippen LogP contribution in [0.4, 0.5) is 13.2 Å². The molecular formula is C15H14ClF3N2O3. The van der Waals surface area contributed by atoms with Crippen molar-refractivity contribution < 1.29 is 27.8 Å². The molecule has 0 unspecified atom stereocenters. The lowest BCUT2D eigenvalue weighted by Crippen LogP contribution is -2.27. The second-order valence-electron chi connectivity index (χ2n) is 5.98. The van der Waals surface area contributed by atoms with E-state index in [-0.39, 0.29) is 22.3 Å². The van der Waals surface area contributed by atoms with Crippen molar-refractivity contribution in [2.24, 2.45) is 0 Å². The van der Waals surface area contributed by atoms with Crippen molar-refractivity contribution >= 4 is 17.6 Å². The van der Waals surface area contributed by atoms with E-state index in [0.29, 0.717) is 0 Å². The summed E-state index contributed by atoms with van der Waals surface area (Å²) in [5, 5.41) is 13.1. The summed E-state index contributed by atoms with van der Waals surface area (Å²) < 4.78 is 44.8. The van der Waals surface area contributed by atoms with E-state index >= 15 is 0 Å². The van der Waals surface area contributed by atoms with Gasteiger partial charge in [-0.1, -0.05) is 17.7 Å². The summed E-state index contributed by atoms with van der Waals surface area (Å²) in [5.41, 5.74) is -1.98. The molecule has 0 aliphatic carbocycles. The van der Waals surface area contributed by atoms with Gasteiger partial charge in [-0.3, -0.25) is 0 Å². The molecule has 130 valence electrons. The Hall–Kier alpha value is -2.22. The zero-order valence-corrected chi connectivity index (χ0v) is 13.7. The van der Waals surface area contributed by atoms with Gasteiger partial charge >= 0.3 is 12.1 Å². The van der Waals surface area contributed by atoms with Gasteiger partial charge in [-0.15, -0.1) is 0 Å². The maximum atomic E-state index is 12.8. The number of carboxylic acids is 1. The summed E-state index contributed by atoms with van der Waals surface area (Å²) in [6.07, 6.45) is -4.55. The van der Waals surface area contributed by atoms with Crippen LogP contribution in [0.15, 0.2) is 24.3 Å². The number of hydrogen-bond acceptors (Lipinski definition) is 3. The third-order valence-corrected chi connectivity index (χ3v) is 3.27. The van der Waals surface area contributed by atoms with Crippen molar-refractivity contribution in [1.82, 2.24) is 9.78 Å². The lowest BCUT2D eigenvalue weighted by molar-refractivity contribution is -0.137. The number of benzene rings is 1. The Balaban J connectivity index is 2.51. The molecule has 0 spiro atoms. The highest BCUT2D eigenvalue weighted by atomic mass is 35.5. The average molecular weight is 363 g/mol. The van der Waals surface area contributed by atoms with Crippen molar-refractivity contribution in [3.05, 3.63) is 40.7 Å². The molecule has 0 amide bonds. The van der Waals surface area contributed by atoms with Crippen LogP contribution in [0.25, 0.3) is 0 Å². The quantitative estimate of drug-likeness (QED) is 0.851. The molecule has 1 N–H and O–H groups in total. The summed E-state index contributed by atoms with van der Waals surface area (Å²) in [5.74, 6) is -1.85. The van der Waals surface area contributed by atoms with Gasteiger partial charge < -0.3 is 9.84 Å². The van der Waals surface area contributed by atoms with Crippen LogP contribution >= 0.6 is 11.6 Å². The first-order valence-electron chi connectivity index (χ1n) is 6.78. The first kappa shape index (κ1) is 18.1. The molecule has 0 saturated heterocycles. The molecule has 0 fully saturated rings. The number of aromatic nitrogens is 2. The predicted octanol–water partition coefficient (Wildman–Crippen LogP) is 4.80. The standard InChI is InChI=1S/C15H14ClF3N2O3/c1-14(2,3)21-10(13(22)23)11(12(16)20-21)24-9-6-4-5-8(7-9)15(17,18)19/h4-7H,1-3H3,(H,22,23). The number of rotatable bonds is 3. The van der Waals surface area contributed by atoms with Crippen LogP contribution in [0.5, 0.6) is 11.5 Å². The molecule has 0 aliphatic rings. The van der Waals surface area contributed by atoms with E-state index in [0.717, 1.165) is 22.9 Å². The molecule has 1 aromatic heterocycles. The smallest absolute Gasteiger partial charge is 0.416 e. The third kappa shape index (κ3) is 3.64. The molecule has 2 rings (SSSR count). The Morgan fingerprint density at radius 3 is 2.42 bits per heavy atom. The zero-order chi connectivity index (χ0) is 18.3. The Labute approximate surface area is 140 Å². The number of ether oxygens (including phenoxy) is 1. The zero-order valence-electron chi connectivity index (χ0n) is 13.0. The predicted molar refractivity (Wildman–Crippen MR) is 80.7 cm³/mol. The number of nitrogens with zero attached hydrogens (tertiary/aromatic N) is 2. The van der Waals surface area contributed by atoms with Crippen molar-refractivity contribution in [3.63, 3.8) is 0 Å². The van der Waals surface area contributed by atoms with E-state index in [1.165, 1.54) is 6.07 Å². The largest absolute Gasteiger partial charge is 0.476 e. The molecule has 2 aromatic rings. The van der Waals surface area contributed by atoms with Crippen molar-refractivity contribution in [3.8, 4) is 11.5 Å². The lowest BCUT2D eigenvalue weighted by Gasteiger charge is -2.20. The molecule has 0 aliphatic heterocycles. The Morgan fingerprint density at radius 2 is 1.92 bits per heavy atom. The van der Waals surface area contributed by atoms with E-state index in [1.807, 2.05) is 0 Å². The second kappa shape index (κ2) is 6.01. The van der Waals surface area contributed by atoms with Crippen molar-refractivity contribution in [2.75, 3.05) is 0 Å². The van der Waals surface area contributed by atoms with E-state index in [4.69, 9.17) is 16.3 Å². The van der Waals surface area contributed by atoms with E-state index in [1.54, 1.807) is 20.8 Å². The van der Waals surface area contributed by atoms with Gasteiger partial charge in [-0.05, 0) is 39.0 Å². The fraction of sp³-hybridized carbons (Fsp3) is 0.333. The minimum absolute atomic E-state index is 0.192. The fourth-order valence-electron chi connectivity index (χ4n) is 1.99. The van der Waals surface area contributed by atoms with Gasteiger partial charge in [0.15, 0.2) is 16.6 Å². The SMILES string of the molecule is CC(C)(C)n1nc(Cl)c(Oc2cccc(C(F)(F)F)c2)c1C(=O)O. The molecule has 9 heteroatoms. The highest BCUT2D eigenvalue weighted by molar-refractivity contribution is 6.31. The lowest BCUT2D eigenvalue weighted by atomic mass is 10.1. The monoisotopic (exact) mass is 362 g/mol. The third-order valence-electron chi connectivity index (χ3n) is 3.02. The number of aromatic carboxylic acids is 1. The fourth-order valence-corrected chi connectivity index (χ4v) is 2.20. The Kier molecular flexibility index (Phi) is 4.54. The van der Waals surface area contributed by atoms with Gasteiger partial charge in [0.1, 0.15) is 5.75 Å². The Morgan fingerprint density at radius 1 is 1.29 bits per heavy atom. The summed E-state index contributed by atoms with van der Waals surface area (Å²) in [4.78, 5) is 11.5. The van der Waals surface area contributed by atoms with Gasteiger partial charge in [0.25, 0.3) is 0 Å². The Bertz CT molecular complexity index is 779. The topological polar surface area (TPSA) is 64.4 Å². The maximum Gasteiger partial charge on any atom is 0.416 e. The van der Waals surface area contributed by atoms with Crippen LogP contribution in [0.2, 0.25) is 5.15 Å². The maximum absolute atomic E-state index is 12.8. The summed E-state index contributed by atoms with van der Waals surface area (Å²) in [6, 6.07) is 4.06. The van der Waals surface area contributed by atoms with E-state index in [2.05, 4.69) is 5.10 Å². The molecule has 0 atom stereocenters. The van der Waals surface area contributed by atoms with Crippen LogP contribution in [0.1, 0.15) is 36.8 Å². The minimum Gasteiger partial charge on any atom is -0.476 e. The van der Waals surface area contributed by atoms with Gasteiger partial charge in [0.2, 0.25) is 0 Å². The number of halogens is 4. The molecule has 5 nitrogen and oxygen atoms in total. The highest BCUT2D eigenvalue weighted by Gasteiger charge is 2.32. The molecule has 24 heavy (non-hydrogen) atoms. The average Bonchev–Trinajstić information content (AvgIpc) is 2.76. The number of alkyl halides is 3. The molecule has 0 radical (unpaired) electrons. The summed E-state index contributed by atoms with van der Waals surface area (Å²) >= 11 is 5.94. The van der Waals surface area contributed by atoms with Gasteiger partial charge in [-0.25, -0.2) is 9.48 Å². The first-order chi connectivity index (χ1) is 10.9. The second-order valence-corrected chi connectivity index (χ2v) is 6.34. The van der Waals surface area contributed by atoms with Crippen molar-refractivity contribution in [1.29, 1.82) is 0 Å². The first-order valence-corrected chi connectivity index (χ1v) is 7.16. The van der Waals surface area contributed by atoms with E-state index in [9.17, 15) is 23.1 Å². The van der Waals surface area contributed by atoms with Crippen LogP contribution in [0, 0.1) is 0 Å². The van der Waals surface area contributed by atoms with Gasteiger partial charge in [-0.2, -0.15) is 18.3 Å². The van der Waals surface area contributed by atoms with Gasteiger partial charge in [0, 0.05) is 0 Å². The van der Waals surface area contributed by atoms with Crippen LogP contribution in [-0.4, -0.2) is 20.9 Å². The number of carboxylic acid groups (broad SMARTS) is 1. The molecule has 1 aromatic carbocycles. The van der Waals surface area contributed by atoms with Gasteiger partial charge in [0.05, 0.1) is 11.1 Å². The highest BCUT2D eigenvalue weighted by Crippen LogP contribution is 2.37. The van der Waals surface area contributed by atoms with Crippen LogP contribution in [-0.2, 0) is 11.7 Å². The minimum atomic E-state index is -4.55. The van der Waals surface area contributed by atoms with Crippen LogP contribution < -0.4 is 4.74 Å². The normalized spacial score (nSPS) is 12.3. The molecular weight excluding hydrogens is 349 g/mol. The summed E-state index contributed by atoms with van der Waals surface area (Å²) in [6.45, 7) is 5.12. The number of hydrogen-bond donors (Lipinski definition) is 1. The number of carbonyl (C=O) groups is 1. The van der Waals surface area contributed by atoms with Crippen LogP contribution in [0.3, 0.4) is 0 Å². The van der Waals surface area contributed by atoms with E-state index < -0.39 is 23.2 Å².